The number of carbonyl (C=O) groups is 2. The smallest absolute Gasteiger partial charge is 0.242 e. The molecule has 6 heteroatoms. The average Bonchev–Trinajstić information content (AvgIpc) is 3.41. The molecule has 0 bridgehead atoms. The van der Waals surface area contributed by atoms with Gasteiger partial charge in [-0.1, -0.05) is 48.5 Å². The third-order valence-electron chi connectivity index (χ3n) is 6.50. The number of hydrogen-bond donors (Lipinski definition) is 4. The van der Waals surface area contributed by atoms with Gasteiger partial charge in [0.25, 0.3) is 0 Å². The van der Waals surface area contributed by atoms with E-state index in [2.05, 4.69) is 40.2 Å². The fraction of sp³-hybridized carbons (Fsp3) is 0.440. The highest BCUT2D eigenvalue weighted by Crippen LogP contribution is 2.31. The van der Waals surface area contributed by atoms with Crippen molar-refractivity contribution in [2.24, 2.45) is 11.7 Å². The van der Waals surface area contributed by atoms with E-state index in [1.165, 1.54) is 11.1 Å². The minimum Gasteiger partial charge on any atom is -0.348 e. The molecule has 2 aromatic rings. The number of carbonyl (C=O) groups excluding carboxylic acids is 2. The highest BCUT2D eigenvalue weighted by Gasteiger charge is 2.32. The molecular formula is C25H32N4O2. The van der Waals surface area contributed by atoms with Gasteiger partial charge in [-0.25, -0.2) is 0 Å². The summed E-state index contributed by atoms with van der Waals surface area (Å²) in [7, 11) is 0. The summed E-state index contributed by atoms with van der Waals surface area (Å²) in [5, 5.41) is 9.31. The summed E-state index contributed by atoms with van der Waals surface area (Å²) >= 11 is 0. The van der Waals surface area contributed by atoms with E-state index in [0.717, 1.165) is 43.4 Å². The average molecular weight is 421 g/mol. The minimum absolute atomic E-state index is 0.00599. The highest BCUT2D eigenvalue weighted by atomic mass is 16.2. The molecule has 1 saturated heterocycles. The lowest BCUT2D eigenvalue weighted by Gasteiger charge is -2.20. The van der Waals surface area contributed by atoms with Gasteiger partial charge in [0.1, 0.15) is 6.04 Å². The second-order valence-electron chi connectivity index (χ2n) is 8.82. The Hall–Kier alpha value is -2.70. The Balaban J connectivity index is 1.26. The second kappa shape index (κ2) is 9.62. The normalized spacial score (nSPS) is 23.2. The summed E-state index contributed by atoms with van der Waals surface area (Å²) in [6.07, 6.45) is 3.56. The van der Waals surface area contributed by atoms with Gasteiger partial charge in [-0.05, 0) is 67.3 Å². The van der Waals surface area contributed by atoms with Gasteiger partial charge >= 0.3 is 0 Å². The standard InChI is InChI=1S/C25H32N4O2/c1-16(24(30)29-22-10-8-20-12-18(14-26)7-9-21(20)22)28-25(31)23-13-19(15-27-23)11-17-5-3-2-4-6-17/h2-7,9,12,16,19,22-23,27H,8,10-11,13-15,26H2,1H3,(H,28,31)(H,29,30)/t16-,19-,22?,23+/m0/s1. The first-order chi connectivity index (χ1) is 15.0. The van der Waals surface area contributed by atoms with Crippen molar-refractivity contribution >= 4 is 11.8 Å². The number of benzene rings is 2. The fourth-order valence-electron chi connectivity index (χ4n) is 4.74. The molecule has 1 unspecified atom stereocenters. The molecular weight excluding hydrogens is 388 g/mol. The van der Waals surface area contributed by atoms with E-state index < -0.39 is 6.04 Å². The first kappa shape index (κ1) is 21.5. The number of amides is 2. The quantitative estimate of drug-likeness (QED) is 0.551. The lowest BCUT2D eigenvalue weighted by molar-refractivity contribution is -0.129. The number of hydrogen-bond acceptors (Lipinski definition) is 4. The minimum atomic E-state index is -0.574. The molecule has 4 rings (SSSR count). The predicted octanol–water partition coefficient (Wildman–Crippen LogP) is 1.97. The summed E-state index contributed by atoms with van der Waals surface area (Å²) in [5.41, 5.74) is 10.5. The van der Waals surface area contributed by atoms with E-state index in [9.17, 15) is 9.59 Å². The van der Waals surface area contributed by atoms with Crippen LogP contribution in [0.1, 0.15) is 48.1 Å². The maximum atomic E-state index is 12.7. The van der Waals surface area contributed by atoms with Crippen LogP contribution in [0, 0.1) is 5.92 Å². The molecule has 6 nitrogen and oxygen atoms in total. The molecule has 1 aliphatic heterocycles. The van der Waals surface area contributed by atoms with Gasteiger partial charge in [0.15, 0.2) is 0 Å². The second-order valence-corrected chi connectivity index (χ2v) is 8.82. The van der Waals surface area contributed by atoms with Crippen molar-refractivity contribution in [2.75, 3.05) is 6.54 Å². The Labute approximate surface area is 184 Å². The van der Waals surface area contributed by atoms with Crippen LogP contribution in [0.15, 0.2) is 48.5 Å². The largest absolute Gasteiger partial charge is 0.348 e. The summed E-state index contributed by atoms with van der Waals surface area (Å²) in [6, 6.07) is 15.7. The van der Waals surface area contributed by atoms with Gasteiger partial charge in [-0.15, -0.1) is 0 Å². The van der Waals surface area contributed by atoms with Crippen LogP contribution in [0.2, 0.25) is 0 Å². The molecule has 1 heterocycles. The van der Waals surface area contributed by atoms with Crippen molar-refractivity contribution in [2.45, 2.75) is 57.3 Å². The maximum Gasteiger partial charge on any atom is 0.242 e. The molecule has 0 aromatic heterocycles. The van der Waals surface area contributed by atoms with E-state index in [4.69, 9.17) is 5.73 Å². The Morgan fingerprint density at radius 1 is 1.16 bits per heavy atom. The zero-order valence-corrected chi connectivity index (χ0v) is 18.1. The molecule has 2 aromatic carbocycles. The maximum absolute atomic E-state index is 12.7. The predicted molar refractivity (Wildman–Crippen MR) is 121 cm³/mol. The van der Waals surface area contributed by atoms with E-state index in [1.807, 2.05) is 24.3 Å². The van der Waals surface area contributed by atoms with Gasteiger partial charge < -0.3 is 21.7 Å². The highest BCUT2D eigenvalue weighted by molar-refractivity contribution is 5.89. The van der Waals surface area contributed by atoms with Crippen molar-refractivity contribution in [3.05, 3.63) is 70.8 Å². The van der Waals surface area contributed by atoms with Gasteiger partial charge in [0, 0.05) is 6.54 Å². The van der Waals surface area contributed by atoms with Gasteiger partial charge in [-0.3, -0.25) is 9.59 Å². The molecule has 1 aliphatic carbocycles. The van der Waals surface area contributed by atoms with Gasteiger partial charge in [0.2, 0.25) is 11.8 Å². The summed E-state index contributed by atoms with van der Waals surface area (Å²) in [4.78, 5) is 25.4. The Bertz CT molecular complexity index is 930. The SMILES string of the molecule is C[C@H](NC(=O)[C@H]1C[C@H](Cc2ccccc2)CN1)C(=O)NC1CCc2cc(CN)ccc21. The fourth-order valence-corrected chi connectivity index (χ4v) is 4.74. The van der Waals surface area contributed by atoms with E-state index in [1.54, 1.807) is 6.92 Å². The molecule has 1 fully saturated rings. The van der Waals surface area contributed by atoms with E-state index in [-0.39, 0.29) is 23.9 Å². The number of fused-ring (bicyclic) bond motifs is 1. The van der Waals surface area contributed by atoms with E-state index >= 15 is 0 Å². The van der Waals surface area contributed by atoms with Crippen molar-refractivity contribution < 1.29 is 9.59 Å². The first-order valence-corrected chi connectivity index (χ1v) is 11.2. The van der Waals surface area contributed by atoms with Crippen molar-refractivity contribution in [1.29, 1.82) is 0 Å². The van der Waals surface area contributed by atoms with Crippen LogP contribution in [-0.4, -0.2) is 30.4 Å². The third kappa shape index (κ3) is 5.14. The molecule has 5 N–H and O–H groups in total. The summed E-state index contributed by atoms with van der Waals surface area (Å²) < 4.78 is 0. The van der Waals surface area contributed by atoms with Crippen LogP contribution >= 0.6 is 0 Å². The monoisotopic (exact) mass is 420 g/mol. The number of nitrogens with one attached hydrogen (secondary N) is 3. The summed E-state index contributed by atoms with van der Waals surface area (Å²) in [5.74, 6) is 0.182. The van der Waals surface area contributed by atoms with Crippen LogP contribution in [0.25, 0.3) is 0 Å². The molecule has 31 heavy (non-hydrogen) atoms. The molecule has 2 aliphatic rings. The molecule has 4 atom stereocenters. The molecule has 0 radical (unpaired) electrons. The van der Waals surface area contributed by atoms with Crippen molar-refractivity contribution in [3.63, 3.8) is 0 Å². The van der Waals surface area contributed by atoms with Crippen molar-refractivity contribution in [3.8, 4) is 0 Å². The lowest BCUT2D eigenvalue weighted by atomic mass is 9.96. The zero-order valence-electron chi connectivity index (χ0n) is 18.1. The number of nitrogens with two attached hydrogens (primary N) is 1. The molecule has 0 saturated carbocycles. The van der Waals surface area contributed by atoms with Crippen molar-refractivity contribution in [1.82, 2.24) is 16.0 Å². The van der Waals surface area contributed by atoms with Gasteiger partial charge in [0.05, 0.1) is 12.1 Å². The molecule has 2 amide bonds. The summed E-state index contributed by atoms with van der Waals surface area (Å²) in [6.45, 7) is 3.09. The van der Waals surface area contributed by atoms with E-state index in [0.29, 0.717) is 12.5 Å². The van der Waals surface area contributed by atoms with Crippen LogP contribution < -0.4 is 21.7 Å². The molecule has 0 spiro atoms. The zero-order chi connectivity index (χ0) is 21.8. The number of aryl methyl sites for hydroxylation is 1. The lowest BCUT2D eigenvalue weighted by Crippen LogP contribution is -2.50. The number of rotatable bonds is 7. The molecule has 164 valence electrons. The van der Waals surface area contributed by atoms with Crippen LogP contribution in [-0.2, 0) is 29.0 Å². The first-order valence-electron chi connectivity index (χ1n) is 11.2. The van der Waals surface area contributed by atoms with Crippen LogP contribution in [0.5, 0.6) is 0 Å². The van der Waals surface area contributed by atoms with Crippen LogP contribution in [0.4, 0.5) is 0 Å². The van der Waals surface area contributed by atoms with Gasteiger partial charge in [-0.2, -0.15) is 0 Å². The Morgan fingerprint density at radius 3 is 2.74 bits per heavy atom. The topological polar surface area (TPSA) is 96.2 Å². The Kier molecular flexibility index (Phi) is 6.68. The third-order valence-corrected chi connectivity index (χ3v) is 6.50. The van der Waals surface area contributed by atoms with Crippen LogP contribution in [0.3, 0.4) is 0 Å². The Morgan fingerprint density at radius 2 is 1.97 bits per heavy atom.